The zero-order valence-electron chi connectivity index (χ0n) is 14.2. The summed E-state index contributed by atoms with van der Waals surface area (Å²) in [6, 6.07) is 4.67. The third-order valence-electron chi connectivity index (χ3n) is 5.94. The third-order valence-corrected chi connectivity index (χ3v) is 5.94. The monoisotopic (exact) mass is 348 g/mol. The highest BCUT2D eigenvalue weighted by Crippen LogP contribution is 2.51. The van der Waals surface area contributed by atoms with E-state index in [0.29, 0.717) is 11.0 Å². The first-order chi connectivity index (χ1) is 11.5. The van der Waals surface area contributed by atoms with Crippen LogP contribution in [0.3, 0.4) is 0 Å². The van der Waals surface area contributed by atoms with Gasteiger partial charge in [-0.25, -0.2) is 14.1 Å². The average Bonchev–Trinajstić information content (AvgIpc) is 3.12. The summed E-state index contributed by atoms with van der Waals surface area (Å²) in [5.74, 6) is -0.257. The summed E-state index contributed by atoms with van der Waals surface area (Å²) < 4.78 is 16.3. The fourth-order valence-electron chi connectivity index (χ4n) is 4.44. The molecule has 1 saturated heterocycles. The van der Waals surface area contributed by atoms with Crippen LogP contribution in [0.15, 0.2) is 43.0 Å². The number of aromatic nitrogens is 3. The van der Waals surface area contributed by atoms with E-state index in [0.717, 1.165) is 37.2 Å². The van der Waals surface area contributed by atoms with Gasteiger partial charge in [0.2, 0.25) is 0 Å². The molecular weight excluding hydrogens is 326 g/mol. The van der Waals surface area contributed by atoms with Gasteiger partial charge in [0.1, 0.15) is 30.2 Å². The lowest BCUT2D eigenvalue weighted by atomic mass is 9.89. The average molecular weight is 348 g/mol. The molecule has 2 aliphatic rings. The third kappa shape index (κ3) is 2.49. The maximum absolute atomic E-state index is 14.0. The van der Waals surface area contributed by atoms with Gasteiger partial charge < -0.3 is 9.81 Å². The molecule has 25 heavy (non-hydrogen) atoms. The van der Waals surface area contributed by atoms with Gasteiger partial charge in [-0.1, -0.05) is 12.2 Å². The van der Waals surface area contributed by atoms with Gasteiger partial charge in [0.05, 0.1) is 25.2 Å². The molecule has 0 saturated carbocycles. The molecule has 2 aromatic rings. The van der Waals surface area contributed by atoms with E-state index >= 15 is 0 Å². The Hall–Kier alpha value is -2.12. The van der Waals surface area contributed by atoms with Crippen molar-refractivity contribution >= 4 is 5.69 Å². The van der Waals surface area contributed by atoms with E-state index in [1.54, 1.807) is 23.1 Å². The second-order valence-corrected chi connectivity index (χ2v) is 7.09. The molecule has 1 spiro atoms. The smallest absolute Gasteiger partial charge is 0.167 e. The number of nitrogens with zero attached hydrogens (tertiary/aromatic N) is 4. The number of hydrogen-bond acceptors (Lipinski definition) is 3. The van der Waals surface area contributed by atoms with Crippen LogP contribution in [0.2, 0.25) is 0 Å². The summed E-state index contributed by atoms with van der Waals surface area (Å²) in [6.45, 7) is 8.15. The SMILES string of the molecule is C=C1CC[N+]2(CC1)c1cc(F)ccc1[C@@](O)(Cn1cncn1)[C@H]2C.[F-]. The van der Waals surface area contributed by atoms with E-state index in [2.05, 4.69) is 23.6 Å². The lowest BCUT2D eigenvalue weighted by molar-refractivity contribution is -0.0386. The first-order valence-corrected chi connectivity index (χ1v) is 8.34. The standard InChI is InChI=1S/C18H22FN4O.FH/c1-13-5-7-23(8-6-13)14(2)18(24,10-22-12-20-11-21-22)16-4-3-15(19)9-17(16)23;/h3-4,9,11-12,14,24H,1,5-8,10H2,2H3;1H/q+1;/p-1/t14-,18-;/m1./s1. The van der Waals surface area contributed by atoms with Crippen LogP contribution in [0.5, 0.6) is 0 Å². The molecular formula is C18H22F2N4O. The van der Waals surface area contributed by atoms with Crippen molar-refractivity contribution in [1.29, 1.82) is 0 Å². The van der Waals surface area contributed by atoms with Crippen molar-refractivity contribution in [2.45, 2.75) is 38.0 Å². The van der Waals surface area contributed by atoms with E-state index in [4.69, 9.17) is 0 Å². The van der Waals surface area contributed by atoms with Gasteiger partial charge in [-0.15, -0.1) is 0 Å². The fraction of sp³-hybridized carbons (Fsp3) is 0.444. The number of piperidine rings is 1. The summed E-state index contributed by atoms with van der Waals surface area (Å²) >= 11 is 0. The Balaban J connectivity index is 0.00000182. The quantitative estimate of drug-likeness (QED) is 0.581. The summed E-state index contributed by atoms with van der Waals surface area (Å²) in [7, 11) is 0. The Morgan fingerprint density at radius 1 is 1.40 bits per heavy atom. The van der Waals surface area contributed by atoms with E-state index in [-0.39, 0.29) is 16.6 Å². The highest BCUT2D eigenvalue weighted by Gasteiger charge is 2.59. The van der Waals surface area contributed by atoms with Gasteiger partial charge in [-0.2, -0.15) is 5.10 Å². The molecule has 0 aliphatic carbocycles. The normalized spacial score (nSPS) is 27.2. The molecule has 0 unspecified atom stereocenters. The molecule has 7 heteroatoms. The van der Waals surface area contributed by atoms with Gasteiger partial charge in [0, 0.05) is 18.9 Å². The van der Waals surface area contributed by atoms with Crippen LogP contribution in [-0.4, -0.2) is 39.0 Å². The van der Waals surface area contributed by atoms with E-state index in [1.165, 1.54) is 18.0 Å². The van der Waals surface area contributed by atoms with Gasteiger partial charge in [0.25, 0.3) is 0 Å². The molecule has 1 aromatic heterocycles. The van der Waals surface area contributed by atoms with Gasteiger partial charge >= 0.3 is 0 Å². The highest BCUT2D eigenvalue weighted by molar-refractivity contribution is 5.60. The number of aliphatic hydroxyl groups is 1. The number of fused-ring (bicyclic) bond motifs is 2. The summed E-state index contributed by atoms with van der Waals surface area (Å²) in [5, 5.41) is 15.8. The fourth-order valence-corrected chi connectivity index (χ4v) is 4.44. The van der Waals surface area contributed by atoms with E-state index in [1.807, 2.05) is 0 Å². The van der Waals surface area contributed by atoms with Crippen LogP contribution >= 0.6 is 0 Å². The molecule has 0 amide bonds. The van der Waals surface area contributed by atoms with Gasteiger partial charge in [-0.3, -0.25) is 4.48 Å². The predicted octanol–water partition coefficient (Wildman–Crippen LogP) is -0.632. The van der Waals surface area contributed by atoms with Crippen LogP contribution in [0.4, 0.5) is 10.1 Å². The zero-order valence-corrected chi connectivity index (χ0v) is 14.2. The Kier molecular flexibility index (Phi) is 4.25. The van der Waals surface area contributed by atoms with Crippen molar-refractivity contribution in [1.82, 2.24) is 19.2 Å². The minimum absolute atomic E-state index is 0. The van der Waals surface area contributed by atoms with Crippen molar-refractivity contribution in [3.8, 4) is 0 Å². The van der Waals surface area contributed by atoms with Gasteiger partial charge in [-0.05, 0) is 19.1 Å². The number of halogens is 2. The van der Waals surface area contributed by atoms with E-state index in [9.17, 15) is 9.50 Å². The number of rotatable bonds is 2. The second kappa shape index (κ2) is 6.00. The molecule has 1 aromatic carbocycles. The van der Waals surface area contributed by atoms with Crippen molar-refractivity contribution in [3.05, 3.63) is 54.4 Å². The first kappa shape index (κ1) is 17.7. The molecule has 2 atom stereocenters. The first-order valence-electron chi connectivity index (χ1n) is 8.34. The Morgan fingerprint density at radius 3 is 2.76 bits per heavy atom. The number of quaternary nitrogens is 1. The molecule has 1 N–H and O–H groups in total. The van der Waals surface area contributed by atoms with Crippen LogP contribution in [0.1, 0.15) is 25.3 Å². The molecule has 134 valence electrons. The Labute approximate surface area is 145 Å². The molecule has 0 radical (unpaired) electrons. The molecule has 5 nitrogen and oxygen atoms in total. The summed E-state index contributed by atoms with van der Waals surface area (Å²) in [6.07, 6.45) is 4.87. The topological polar surface area (TPSA) is 50.9 Å². The van der Waals surface area contributed by atoms with Crippen molar-refractivity contribution < 1.29 is 14.2 Å². The Bertz CT molecular complexity index is 782. The summed E-state index contributed by atoms with van der Waals surface area (Å²) in [5.41, 5.74) is 1.84. The number of hydrogen-bond donors (Lipinski definition) is 1. The number of benzene rings is 1. The highest BCUT2D eigenvalue weighted by atomic mass is 19.1. The molecule has 0 bridgehead atoms. The Morgan fingerprint density at radius 2 is 2.12 bits per heavy atom. The lowest BCUT2D eigenvalue weighted by Crippen LogP contribution is -3.00. The zero-order chi connectivity index (χ0) is 16.9. The van der Waals surface area contributed by atoms with Crippen LogP contribution in [-0.2, 0) is 12.1 Å². The minimum atomic E-state index is -1.10. The van der Waals surface area contributed by atoms with Crippen LogP contribution < -0.4 is 9.19 Å². The molecule has 2 aliphatic heterocycles. The molecule has 4 rings (SSSR count). The molecule has 3 heterocycles. The van der Waals surface area contributed by atoms with Crippen LogP contribution in [0, 0.1) is 5.82 Å². The maximum Gasteiger partial charge on any atom is 0.167 e. The van der Waals surface area contributed by atoms with Crippen LogP contribution in [0.25, 0.3) is 0 Å². The largest absolute Gasteiger partial charge is 1.00 e. The second-order valence-electron chi connectivity index (χ2n) is 7.09. The lowest BCUT2D eigenvalue weighted by Gasteiger charge is -2.44. The van der Waals surface area contributed by atoms with Crippen molar-refractivity contribution in [2.75, 3.05) is 13.1 Å². The maximum atomic E-state index is 14.0. The van der Waals surface area contributed by atoms with Crippen molar-refractivity contribution in [2.24, 2.45) is 0 Å². The summed E-state index contributed by atoms with van der Waals surface area (Å²) in [4.78, 5) is 3.97. The molecule has 1 fully saturated rings. The van der Waals surface area contributed by atoms with Gasteiger partial charge in [0.15, 0.2) is 5.60 Å². The van der Waals surface area contributed by atoms with E-state index < -0.39 is 5.60 Å². The minimum Gasteiger partial charge on any atom is -1.00 e. The van der Waals surface area contributed by atoms with Crippen molar-refractivity contribution in [3.63, 3.8) is 0 Å². The predicted molar refractivity (Wildman–Crippen MR) is 89.7 cm³/mol.